The molecule has 0 aliphatic heterocycles. The fourth-order valence-corrected chi connectivity index (χ4v) is 1.14. The fourth-order valence-electron chi connectivity index (χ4n) is 0.126. The standard InChI is InChI=1S/2K.Na.H4O7P2/c;;;1-8(2,3)7-9(4,5)6/h;;;(H2,1,2,3)(H2,4,5,6)/q3*+1;/p-3. The van der Waals surface area contributed by atoms with Gasteiger partial charge in [0.05, 0.1) is 7.82 Å². The Hall–Kier alpha value is 4.53. The quantitative estimate of drug-likeness (QED) is 0.391. The molecule has 0 amide bonds. The molecule has 56 valence electrons. The van der Waals surface area contributed by atoms with Crippen molar-refractivity contribution in [3.63, 3.8) is 0 Å². The summed E-state index contributed by atoms with van der Waals surface area (Å²) < 4.78 is 21.4. The third kappa shape index (κ3) is 24.0. The van der Waals surface area contributed by atoms with E-state index in [1.807, 2.05) is 0 Å². The minimum Gasteiger partial charge on any atom is -0.790 e. The number of phosphoric acid groups is 2. The van der Waals surface area contributed by atoms with Gasteiger partial charge in [-0.2, -0.15) is 0 Å². The fraction of sp³-hybridized carbons (Fsp3) is 0. The van der Waals surface area contributed by atoms with Crippen molar-refractivity contribution in [1.82, 2.24) is 0 Å². The second-order valence-electron chi connectivity index (χ2n) is 0.997. The molecule has 0 aromatic heterocycles. The Morgan fingerprint density at radius 2 is 1.33 bits per heavy atom. The zero-order valence-electron chi connectivity index (χ0n) is 6.79. The molecule has 0 aromatic carbocycles. The van der Waals surface area contributed by atoms with Gasteiger partial charge in [-0.25, -0.2) is 0 Å². The summed E-state index contributed by atoms with van der Waals surface area (Å²) in [4.78, 5) is 35.7. The van der Waals surface area contributed by atoms with E-state index in [1.165, 1.54) is 0 Å². The molecule has 0 heterocycles. The van der Waals surface area contributed by atoms with Gasteiger partial charge in [-0.05, 0) is 0 Å². The molecule has 0 saturated heterocycles. The van der Waals surface area contributed by atoms with E-state index in [9.17, 15) is 23.8 Å². The summed E-state index contributed by atoms with van der Waals surface area (Å²) >= 11 is 0. The average Bonchev–Trinajstić information content (AvgIpc) is 1.14. The van der Waals surface area contributed by atoms with Crippen LogP contribution in [0.1, 0.15) is 0 Å². The monoisotopic (exact) mass is 276 g/mol. The molecule has 0 aromatic rings. The van der Waals surface area contributed by atoms with Crippen LogP contribution in [0.25, 0.3) is 0 Å². The van der Waals surface area contributed by atoms with Gasteiger partial charge in [-0.3, -0.25) is 8.88 Å². The molecular formula is HK2NaO7P2. The van der Waals surface area contributed by atoms with Crippen molar-refractivity contribution < 1.29 is 165 Å². The first-order valence-electron chi connectivity index (χ1n) is 1.48. The molecule has 0 bridgehead atoms. The van der Waals surface area contributed by atoms with Crippen LogP contribution < -0.4 is 147 Å². The van der Waals surface area contributed by atoms with E-state index < -0.39 is 15.6 Å². The van der Waals surface area contributed by atoms with E-state index in [-0.39, 0.29) is 132 Å². The van der Waals surface area contributed by atoms with E-state index in [1.54, 1.807) is 0 Å². The summed E-state index contributed by atoms with van der Waals surface area (Å²) in [5.74, 6) is 0. The van der Waals surface area contributed by atoms with Gasteiger partial charge in [0.2, 0.25) is 0 Å². The predicted octanol–water partition coefficient (Wildman–Crippen LogP) is -11.7. The maximum absolute atomic E-state index is 9.44. The number of hydrogen-bond donors (Lipinski definition) is 1. The first-order chi connectivity index (χ1) is 3.71. The molecule has 0 radical (unpaired) electrons. The van der Waals surface area contributed by atoms with Crippen molar-refractivity contribution >= 4 is 15.6 Å². The van der Waals surface area contributed by atoms with Crippen LogP contribution in [0.2, 0.25) is 0 Å². The van der Waals surface area contributed by atoms with Crippen LogP contribution in [0.15, 0.2) is 0 Å². The van der Waals surface area contributed by atoms with Gasteiger partial charge in [-0.1, -0.05) is 0 Å². The van der Waals surface area contributed by atoms with Gasteiger partial charge >= 0.3 is 132 Å². The molecular weight excluding hydrogens is 275 g/mol. The average molecular weight is 276 g/mol. The van der Waals surface area contributed by atoms with E-state index >= 15 is 0 Å². The minimum atomic E-state index is -5.61. The predicted molar refractivity (Wildman–Crippen MR) is 18.5 cm³/mol. The summed E-state index contributed by atoms with van der Waals surface area (Å²) in [7, 11) is -11.0. The molecule has 1 N–H and O–H groups in total. The molecule has 0 aliphatic carbocycles. The largest absolute Gasteiger partial charge is 1.00 e. The van der Waals surface area contributed by atoms with Crippen molar-refractivity contribution in [2.45, 2.75) is 0 Å². The third-order valence-electron chi connectivity index (χ3n) is 0.203. The SMILES string of the molecule is O=P([O-])([O-])OP(=O)([O-])O.[K+].[K+].[Na+]. The van der Waals surface area contributed by atoms with E-state index in [0.29, 0.717) is 0 Å². The van der Waals surface area contributed by atoms with Crippen molar-refractivity contribution in [2.75, 3.05) is 0 Å². The van der Waals surface area contributed by atoms with Crippen molar-refractivity contribution in [2.24, 2.45) is 0 Å². The van der Waals surface area contributed by atoms with E-state index in [0.717, 1.165) is 0 Å². The second kappa shape index (κ2) is 10.7. The van der Waals surface area contributed by atoms with E-state index in [4.69, 9.17) is 4.89 Å². The maximum Gasteiger partial charge on any atom is 1.00 e. The van der Waals surface area contributed by atoms with Gasteiger partial charge in [0.25, 0.3) is 7.82 Å². The normalized spacial score (nSPS) is 14.3. The minimum absolute atomic E-state index is 0. The molecule has 1 atom stereocenters. The Bertz CT molecular complexity index is 160. The maximum atomic E-state index is 9.44. The Balaban J connectivity index is -0.000000107. The number of rotatable bonds is 2. The third-order valence-corrected chi connectivity index (χ3v) is 1.83. The van der Waals surface area contributed by atoms with Crippen LogP contribution in [-0.2, 0) is 13.4 Å². The van der Waals surface area contributed by atoms with Crippen LogP contribution in [-0.4, -0.2) is 4.89 Å². The Morgan fingerprint density at radius 1 is 1.08 bits per heavy atom. The van der Waals surface area contributed by atoms with Crippen LogP contribution in [0.5, 0.6) is 0 Å². The molecule has 0 spiro atoms. The molecule has 0 aliphatic rings. The van der Waals surface area contributed by atoms with Crippen LogP contribution in [0.3, 0.4) is 0 Å². The summed E-state index contributed by atoms with van der Waals surface area (Å²) in [5.41, 5.74) is 0. The Labute approximate surface area is 176 Å². The molecule has 0 fully saturated rings. The van der Waals surface area contributed by atoms with Gasteiger partial charge in [-0.15, -0.1) is 0 Å². The molecule has 12 heteroatoms. The zero-order chi connectivity index (χ0) is 7.71. The second-order valence-corrected chi connectivity index (χ2v) is 3.48. The summed E-state index contributed by atoms with van der Waals surface area (Å²) in [6.07, 6.45) is 0. The van der Waals surface area contributed by atoms with Crippen LogP contribution in [0.4, 0.5) is 0 Å². The molecule has 12 heavy (non-hydrogen) atoms. The molecule has 0 saturated carbocycles. The Morgan fingerprint density at radius 3 is 1.33 bits per heavy atom. The van der Waals surface area contributed by atoms with E-state index in [2.05, 4.69) is 4.31 Å². The summed E-state index contributed by atoms with van der Waals surface area (Å²) in [6.45, 7) is 0. The topological polar surface area (TPSA) is 133 Å². The number of hydrogen-bond acceptors (Lipinski definition) is 6. The van der Waals surface area contributed by atoms with Crippen LogP contribution in [0, 0.1) is 0 Å². The van der Waals surface area contributed by atoms with Crippen LogP contribution >= 0.6 is 15.6 Å². The van der Waals surface area contributed by atoms with Crippen molar-refractivity contribution in [1.29, 1.82) is 0 Å². The van der Waals surface area contributed by atoms with Gasteiger partial charge in [0.15, 0.2) is 0 Å². The van der Waals surface area contributed by atoms with Gasteiger partial charge in [0.1, 0.15) is 0 Å². The summed E-state index contributed by atoms with van der Waals surface area (Å²) in [6, 6.07) is 0. The van der Waals surface area contributed by atoms with Gasteiger partial charge in [0, 0.05) is 0 Å². The van der Waals surface area contributed by atoms with Gasteiger partial charge < -0.3 is 24.1 Å². The molecule has 1 unspecified atom stereocenters. The first-order valence-corrected chi connectivity index (χ1v) is 4.43. The smallest absolute Gasteiger partial charge is 0.790 e. The zero-order valence-corrected chi connectivity index (χ0v) is 16.8. The van der Waals surface area contributed by atoms with Crippen molar-refractivity contribution in [3.05, 3.63) is 0 Å². The molecule has 0 rings (SSSR count). The summed E-state index contributed by atoms with van der Waals surface area (Å²) in [5, 5.41) is 0. The van der Waals surface area contributed by atoms with Crippen molar-refractivity contribution in [3.8, 4) is 0 Å². The first kappa shape index (κ1) is 25.4. The Kier molecular flexibility index (Phi) is 22.6. The molecule has 7 nitrogen and oxygen atoms in total.